The normalized spacial score (nSPS) is 24.6. The zero-order valence-electron chi connectivity index (χ0n) is 10.4. The molecule has 2 heterocycles. The van der Waals surface area contributed by atoms with Crippen LogP contribution in [0.4, 0.5) is 5.82 Å². The number of aromatic nitrogens is 2. The number of nitrogens with zero attached hydrogens (tertiary/aromatic N) is 1. The first-order chi connectivity index (χ1) is 8.81. The average molecular weight is 265 g/mol. The Bertz CT molecular complexity index is 462. The molecular formula is C13H19N3OS. The van der Waals surface area contributed by atoms with Crippen LogP contribution in [0.2, 0.25) is 0 Å². The summed E-state index contributed by atoms with van der Waals surface area (Å²) in [7, 11) is 0. The van der Waals surface area contributed by atoms with Gasteiger partial charge >= 0.3 is 0 Å². The van der Waals surface area contributed by atoms with E-state index in [-0.39, 0.29) is 6.10 Å². The van der Waals surface area contributed by atoms with Crippen molar-refractivity contribution in [3.63, 3.8) is 0 Å². The van der Waals surface area contributed by atoms with Crippen LogP contribution in [0.15, 0.2) is 6.07 Å². The van der Waals surface area contributed by atoms with Crippen LogP contribution in [-0.4, -0.2) is 22.6 Å². The summed E-state index contributed by atoms with van der Waals surface area (Å²) in [4.78, 5) is 7.72. The smallest absolute Gasteiger partial charge is 0.138 e. The minimum absolute atomic E-state index is 0.0945. The van der Waals surface area contributed by atoms with Crippen LogP contribution >= 0.6 is 12.2 Å². The van der Waals surface area contributed by atoms with E-state index in [2.05, 4.69) is 15.3 Å². The van der Waals surface area contributed by atoms with Crippen molar-refractivity contribution in [3.8, 4) is 0 Å². The number of H-pyrrole nitrogens is 1. The van der Waals surface area contributed by atoms with Crippen LogP contribution in [0.25, 0.3) is 0 Å². The number of rotatable bonds is 3. The molecule has 1 unspecified atom stereocenters. The Balaban J connectivity index is 1.78. The Hall–Kier alpha value is -0.940. The Labute approximate surface area is 112 Å². The van der Waals surface area contributed by atoms with Crippen LogP contribution in [0, 0.1) is 4.64 Å². The van der Waals surface area contributed by atoms with Gasteiger partial charge in [-0.15, -0.1) is 0 Å². The summed E-state index contributed by atoms with van der Waals surface area (Å²) in [5.74, 6) is 1.87. The van der Waals surface area contributed by atoms with Gasteiger partial charge in [-0.3, -0.25) is 0 Å². The lowest BCUT2D eigenvalue weighted by Gasteiger charge is -2.16. The molecule has 98 valence electrons. The predicted octanol–water partition coefficient (Wildman–Crippen LogP) is 3.35. The van der Waals surface area contributed by atoms with E-state index in [1.54, 1.807) is 0 Å². The Kier molecular flexibility index (Phi) is 3.61. The molecule has 0 spiro atoms. The third kappa shape index (κ3) is 2.72. The summed E-state index contributed by atoms with van der Waals surface area (Å²) in [5, 5.41) is 3.53. The van der Waals surface area contributed by atoms with Gasteiger partial charge in [0, 0.05) is 18.7 Å². The first-order valence-electron chi connectivity index (χ1n) is 6.81. The van der Waals surface area contributed by atoms with Gasteiger partial charge in [0.15, 0.2) is 0 Å². The molecule has 1 atom stereocenters. The SMILES string of the molecule is S=c1cc(NC2CCCC2)[nH]c(C2CCCO2)n1. The van der Waals surface area contributed by atoms with Crippen LogP contribution in [0.3, 0.4) is 0 Å². The zero-order valence-corrected chi connectivity index (χ0v) is 11.3. The molecule has 0 aromatic carbocycles. The molecule has 1 aromatic rings. The quantitative estimate of drug-likeness (QED) is 0.823. The maximum absolute atomic E-state index is 5.65. The second kappa shape index (κ2) is 5.36. The minimum Gasteiger partial charge on any atom is -0.370 e. The van der Waals surface area contributed by atoms with Crippen molar-refractivity contribution in [2.75, 3.05) is 11.9 Å². The van der Waals surface area contributed by atoms with Gasteiger partial charge in [0.2, 0.25) is 0 Å². The Morgan fingerprint density at radius 3 is 2.83 bits per heavy atom. The topological polar surface area (TPSA) is 49.9 Å². The molecule has 1 saturated heterocycles. The summed E-state index contributed by atoms with van der Waals surface area (Å²) < 4.78 is 6.29. The standard InChI is InChI=1S/C13H19N3OS/c18-12-8-11(14-9-4-1-2-5-9)15-13(16-12)10-6-3-7-17-10/h8-10H,1-7H2,(H2,14,15,16,18). The highest BCUT2D eigenvalue weighted by Crippen LogP contribution is 2.27. The molecule has 5 heteroatoms. The average Bonchev–Trinajstić information content (AvgIpc) is 3.00. The van der Waals surface area contributed by atoms with Crippen molar-refractivity contribution in [2.24, 2.45) is 0 Å². The number of hydrogen-bond acceptors (Lipinski definition) is 4. The first-order valence-corrected chi connectivity index (χ1v) is 7.21. The van der Waals surface area contributed by atoms with Gasteiger partial charge in [-0.05, 0) is 25.7 Å². The molecule has 1 aliphatic heterocycles. The van der Waals surface area contributed by atoms with E-state index in [0.717, 1.165) is 31.1 Å². The number of aromatic amines is 1. The molecule has 4 nitrogen and oxygen atoms in total. The fourth-order valence-electron chi connectivity index (χ4n) is 2.79. The molecule has 18 heavy (non-hydrogen) atoms. The molecule has 0 radical (unpaired) electrons. The second-order valence-electron chi connectivity index (χ2n) is 5.15. The van der Waals surface area contributed by atoms with E-state index >= 15 is 0 Å². The van der Waals surface area contributed by atoms with E-state index in [0.29, 0.717) is 10.7 Å². The van der Waals surface area contributed by atoms with Gasteiger partial charge in [-0.1, -0.05) is 25.1 Å². The van der Waals surface area contributed by atoms with Crippen molar-refractivity contribution >= 4 is 18.0 Å². The lowest BCUT2D eigenvalue weighted by Crippen LogP contribution is -2.16. The Morgan fingerprint density at radius 2 is 2.11 bits per heavy atom. The fourth-order valence-corrected chi connectivity index (χ4v) is 3.01. The summed E-state index contributed by atoms with van der Waals surface area (Å²) in [6.45, 7) is 0.827. The predicted molar refractivity (Wildman–Crippen MR) is 73.2 cm³/mol. The summed E-state index contributed by atoms with van der Waals surface area (Å²) in [6.07, 6.45) is 7.37. The number of nitrogens with one attached hydrogen (secondary N) is 2. The molecule has 2 fully saturated rings. The van der Waals surface area contributed by atoms with E-state index in [1.165, 1.54) is 25.7 Å². The molecule has 1 aromatic heterocycles. The van der Waals surface area contributed by atoms with Crippen LogP contribution in [0.1, 0.15) is 50.5 Å². The van der Waals surface area contributed by atoms with Gasteiger partial charge in [0.05, 0.1) is 0 Å². The monoisotopic (exact) mass is 265 g/mol. The number of anilines is 1. The van der Waals surface area contributed by atoms with E-state index in [1.807, 2.05) is 6.07 Å². The minimum atomic E-state index is 0.0945. The van der Waals surface area contributed by atoms with Crippen LogP contribution in [-0.2, 0) is 4.74 Å². The summed E-state index contributed by atoms with van der Waals surface area (Å²) in [5.41, 5.74) is 0. The van der Waals surface area contributed by atoms with Crippen molar-refractivity contribution in [2.45, 2.75) is 50.7 Å². The van der Waals surface area contributed by atoms with Gasteiger partial charge in [-0.2, -0.15) is 0 Å². The zero-order chi connectivity index (χ0) is 12.4. The van der Waals surface area contributed by atoms with Gasteiger partial charge < -0.3 is 15.0 Å². The molecule has 2 aliphatic rings. The van der Waals surface area contributed by atoms with Crippen LogP contribution in [0.5, 0.6) is 0 Å². The largest absolute Gasteiger partial charge is 0.370 e. The lowest BCUT2D eigenvalue weighted by atomic mass is 10.2. The van der Waals surface area contributed by atoms with Crippen LogP contribution < -0.4 is 5.32 Å². The fraction of sp³-hybridized carbons (Fsp3) is 0.692. The maximum atomic E-state index is 5.65. The van der Waals surface area contributed by atoms with Gasteiger partial charge in [0.25, 0.3) is 0 Å². The molecule has 2 N–H and O–H groups in total. The van der Waals surface area contributed by atoms with E-state index in [4.69, 9.17) is 17.0 Å². The lowest BCUT2D eigenvalue weighted by molar-refractivity contribution is 0.105. The molecule has 0 bridgehead atoms. The van der Waals surface area contributed by atoms with Crippen molar-refractivity contribution in [1.82, 2.24) is 9.97 Å². The molecule has 1 aliphatic carbocycles. The van der Waals surface area contributed by atoms with Crippen molar-refractivity contribution < 1.29 is 4.74 Å². The van der Waals surface area contributed by atoms with E-state index in [9.17, 15) is 0 Å². The van der Waals surface area contributed by atoms with Gasteiger partial charge in [-0.25, -0.2) is 4.98 Å². The van der Waals surface area contributed by atoms with Crippen molar-refractivity contribution in [1.29, 1.82) is 0 Å². The van der Waals surface area contributed by atoms with E-state index < -0.39 is 0 Å². The third-order valence-electron chi connectivity index (χ3n) is 3.71. The summed E-state index contributed by atoms with van der Waals surface area (Å²) >= 11 is 5.24. The first kappa shape index (κ1) is 12.1. The highest BCUT2D eigenvalue weighted by Gasteiger charge is 2.21. The highest BCUT2D eigenvalue weighted by atomic mass is 32.1. The van der Waals surface area contributed by atoms with Crippen molar-refractivity contribution in [3.05, 3.63) is 16.5 Å². The third-order valence-corrected chi connectivity index (χ3v) is 3.92. The van der Waals surface area contributed by atoms with Gasteiger partial charge in [0.1, 0.15) is 22.4 Å². The molecule has 3 rings (SSSR count). The number of ether oxygens (including phenoxy) is 1. The number of hydrogen-bond donors (Lipinski definition) is 2. The molecule has 1 saturated carbocycles. The second-order valence-corrected chi connectivity index (χ2v) is 5.56. The molecule has 0 amide bonds. The Morgan fingerprint density at radius 1 is 1.28 bits per heavy atom. The highest BCUT2D eigenvalue weighted by molar-refractivity contribution is 7.71. The maximum Gasteiger partial charge on any atom is 0.138 e. The summed E-state index contributed by atoms with van der Waals surface area (Å²) in [6, 6.07) is 2.49. The molecular weight excluding hydrogens is 246 g/mol.